The van der Waals surface area contributed by atoms with E-state index in [1.54, 1.807) is 0 Å². The fourth-order valence-corrected chi connectivity index (χ4v) is 4.47. The summed E-state index contributed by atoms with van der Waals surface area (Å²) in [5.41, 5.74) is 2.38. The van der Waals surface area contributed by atoms with Gasteiger partial charge < -0.3 is 15.1 Å². The Hall–Kier alpha value is -1.35. The number of likely N-dealkylation sites (N-methyl/N-ethyl adjacent to an activating group) is 2. The first-order valence-electron chi connectivity index (χ1n) is 11.2. The van der Waals surface area contributed by atoms with Gasteiger partial charge in [-0.25, -0.2) is 4.99 Å². The molecule has 0 radical (unpaired) electrons. The Morgan fingerprint density at radius 1 is 1.23 bits per heavy atom. The molecule has 7 heteroatoms. The van der Waals surface area contributed by atoms with Crippen LogP contribution in [0, 0.1) is 0 Å². The molecule has 2 aliphatic heterocycles. The van der Waals surface area contributed by atoms with E-state index in [9.17, 15) is 4.79 Å². The van der Waals surface area contributed by atoms with Crippen molar-refractivity contribution in [3.05, 3.63) is 35.4 Å². The van der Waals surface area contributed by atoms with Crippen LogP contribution in [0.15, 0.2) is 29.3 Å². The summed E-state index contributed by atoms with van der Waals surface area (Å²) in [6.45, 7) is 10.8. The highest BCUT2D eigenvalue weighted by Crippen LogP contribution is 2.18. The van der Waals surface area contributed by atoms with Crippen LogP contribution in [-0.2, 0) is 17.9 Å². The normalized spacial score (nSPS) is 19.8. The van der Waals surface area contributed by atoms with E-state index < -0.39 is 0 Å². The van der Waals surface area contributed by atoms with E-state index >= 15 is 0 Å². The van der Waals surface area contributed by atoms with Gasteiger partial charge in [-0.3, -0.25) is 9.69 Å². The SMILES string of the molecule is CCNC(=NCc1cccc(CN2CCCC2=O)c1)N(C)CC1CCCN1CC.I. The Kier molecular flexibility index (Phi) is 10.4. The Morgan fingerprint density at radius 2 is 2.03 bits per heavy atom. The zero-order valence-electron chi connectivity index (χ0n) is 18.8. The monoisotopic (exact) mass is 527 g/mol. The number of amides is 1. The number of guanidine groups is 1. The lowest BCUT2D eigenvalue weighted by molar-refractivity contribution is -0.128. The Balaban J connectivity index is 0.00000320. The number of benzene rings is 1. The number of nitrogens with zero attached hydrogens (tertiary/aromatic N) is 4. The second kappa shape index (κ2) is 12.5. The van der Waals surface area contributed by atoms with Crippen LogP contribution in [0.4, 0.5) is 0 Å². The Bertz CT molecular complexity index is 711. The standard InChI is InChI=1S/C23H37N5O.HI/c1-4-24-23(26(3)18-21-11-7-13-27(21)5-2)25-16-19-9-6-10-20(15-19)17-28-14-8-12-22(28)29;/h6,9-10,15,21H,4-5,7-8,11-14,16-18H2,1-3H3,(H,24,25);1H. The second-order valence-corrected chi connectivity index (χ2v) is 8.21. The number of carbonyl (C=O) groups excluding carboxylic acids is 1. The number of likely N-dealkylation sites (tertiary alicyclic amines) is 2. The van der Waals surface area contributed by atoms with Gasteiger partial charge in [0, 0.05) is 45.7 Å². The molecule has 2 heterocycles. The van der Waals surface area contributed by atoms with Crippen molar-refractivity contribution in [3.63, 3.8) is 0 Å². The lowest BCUT2D eigenvalue weighted by Gasteiger charge is -2.29. The predicted octanol–water partition coefficient (Wildman–Crippen LogP) is 3.31. The van der Waals surface area contributed by atoms with Crippen molar-refractivity contribution < 1.29 is 4.79 Å². The van der Waals surface area contributed by atoms with E-state index in [0.29, 0.717) is 25.6 Å². The minimum atomic E-state index is 0. The summed E-state index contributed by atoms with van der Waals surface area (Å²) in [5, 5.41) is 3.44. The van der Waals surface area contributed by atoms with Crippen molar-refractivity contribution in [1.82, 2.24) is 20.0 Å². The van der Waals surface area contributed by atoms with Gasteiger partial charge in [0.05, 0.1) is 6.54 Å². The van der Waals surface area contributed by atoms with Crippen molar-refractivity contribution >= 4 is 35.8 Å². The molecule has 1 amide bonds. The summed E-state index contributed by atoms with van der Waals surface area (Å²) in [6.07, 6.45) is 4.25. The topological polar surface area (TPSA) is 51.2 Å². The van der Waals surface area contributed by atoms with Gasteiger partial charge in [-0.15, -0.1) is 24.0 Å². The number of halogens is 1. The van der Waals surface area contributed by atoms with Gasteiger partial charge in [-0.2, -0.15) is 0 Å². The van der Waals surface area contributed by atoms with Gasteiger partial charge in [0.2, 0.25) is 5.91 Å². The van der Waals surface area contributed by atoms with Gasteiger partial charge in [0.25, 0.3) is 0 Å². The molecule has 2 aliphatic rings. The van der Waals surface area contributed by atoms with Crippen molar-refractivity contribution in [1.29, 1.82) is 0 Å². The molecule has 6 nitrogen and oxygen atoms in total. The largest absolute Gasteiger partial charge is 0.357 e. The lowest BCUT2D eigenvalue weighted by atomic mass is 10.1. The third-order valence-corrected chi connectivity index (χ3v) is 6.03. The summed E-state index contributed by atoms with van der Waals surface area (Å²) in [6, 6.07) is 9.12. The first kappa shape index (κ1) is 24.9. The van der Waals surface area contributed by atoms with Crippen LogP contribution in [0.2, 0.25) is 0 Å². The van der Waals surface area contributed by atoms with E-state index in [1.807, 2.05) is 4.90 Å². The van der Waals surface area contributed by atoms with Gasteiger partial charge in [-0.1, -0.05) is 31.2 Å². The first-order valence-corrected chi connectivity index (χ1v) is 11.2. The minimum absolute atomic E-state index is 0. The average Bonchev–Trinajstić information content (AvgIpc) is 3.34. The van der Waals surface area contributed by atoms with Gasteiger partial charge >= 0.3 is 0 Å². The van der Waals surface area contributed by atoms with Crippen molar-refractivity contribution in [2.24, 2.45) is 4.99 Å². The van der Waals surface area contributed by atoms with E-state index in [1.165, 1.54) is 30.5 Å². The molecule has 30 heavy (non-hydrogen) atoms. The maximum absolute atomic E-state index is 11.9. The quantitative estimate of drug-likeness (QED) is 0.320. The maximum Gasteiger partial charge on any atom is 0.222 e. The summed E-state index contributed by atoms with van der Waals surface area (Å²) >= 11 is 0. The Labute approximate surface area is 199 Å². The predicted molar refractivity (Wildman–Crippen MR) is 134 cm³/mol. The van der Waals surface area contributed by atoms with Gasteiger partial charge in [0.15, 0.2) is 5.96 Å². The van der Waals surface area contributed by atoms with E-state index in [2.05, 4.69) is 60.3 Å². The molecule has 3 rings (SSSR count). The molecule has 1 unspecified atom stereocenters. The van der Waals surface area contributed by atoms with Crippen LogP contribution >= 0.6 is 24.0 Å². The van der Waals surface area contributed by atoms with Crippen LogP contribution in [0.1, 0.15) is 50.7 Å². The number of hydrogen-bond donors (Lipinski definition) is 1. The number of hydrogen-bond acceptors (Lipinski definition) is 3. The summed E-state index contributed by atoms with van der Waals surface area (Å²) in [4.78, 5) is 23.6. The van der Waals surface area contributed by atoms with Crippen molar-refractivity contribution in [2.75, 3.05) is 39.8 Å². The molecule has 0 saturated carbocycles. The smallest absolute Gasteiger partial charge is 0.222 e. The van der Waals surface area contributed by atoms with Gasteiger partial charge in [-0.05, 0) is 50.4 Å². The lowest BCUT2D eigenvalue weighted by Crippen LogP contribution is -2.45. The fourth-order valence-electron chi connectivity index (χ4n) is 4.47. The Morgan fingerprint density at radius 3 is 2.73 bits per heavy atom. The molecule has 168 valence electrons. The molecular formula is C23H38IN5O. The van der Waals surface area contributed by atoms with Crippen LogP contribution in [0.3, 0.4) is 0 Å². The highest BCUT2D eigenvalue weighted by atomic mass is 127. The molecule has 1 N–H and O–H groups in total. The molecule has 0 aromatic heterocycles. The number of aliphatic imine (C=N–C) groups is 1. The zero-order chi connectivity index (χ0) is 20.6. The zero-order valence-corrected chi connectivity index (χ0v) is 21.1. The average molecular weight is 527 g/mol. The van der Waals surface area contributed by atoms with E-state index in [0.717, 1.165) is 38.6 Å². The van der Waals surface area contributed by atoms with E-state index in [-0.39, 0.29) is 29.9 Å². The molecule has 0 spiro atoms. The molecular weight excluding hydrogens is 489 g/mol. The van der Waals surface area contributed by atoms with Crippen molar-refractivity contribution in [2.45, 2.75) is 58.7 Å². The molecule has 0 bridgehead atoms. The second-order valence-electron chi connectivity index (χ2n) is 8.21. The third-order valence-electron chi connectivity index (χ3n) is 6.03. The van der Waals surface area contributed by atoms with Crippen LogP contribution in [-0.4, -0.2) is 72.4 Å². The maximum atomic E-state index is 11.9. The molecule has 2 saturated heterocycles. The summed E-state index contributed by atoms with van der Waals surface area (Å²) in [5.74, 6) is 1.24. The summed E-state index contributed by atoms with van der Waals surface area (Å²) < 4.78 is 0. The molecule has 1 aromatic carbocycles. The third kappa shape index (κ3) is 6.83. The number of carbonyl (C=O) groups is 1. The van der Waals surface area contributed by atoms with Gasteiger partial charge in [0.1, 0.15) is 0 Å². The van der Waals surface area contributed by atoms with Crippen molar-refractivity contribution in [3.8, 4) is 0 Å². The number of nitrogens with one attached hydrogen (secondary N) is 1. The highest BCUT2D eigenvalue weighted by molar-refractivity contribution is 14.0. The highest BCUT2D eigenvalue weighted by Gasteiger charge is 2.25. The fraction of sp³-hybridized carbons (Fsp3) is 0.652. The van der Waals surface area contributed by atoms with Crippen LogP contribution in [0.25, 0.3) is 0 Å². The molecule has 1 aromatic rings. The summed E-state index contributed by atoms with van der Waals surface area (Å²) in [7, 11) is 2.14. The molecule has 0 aliphatic carbocycles. The van der Waals surface area contributed by atoms with Crippen LogP contribution in [0.5, 0.6) is 0 Å². The first-order chi connectivity index (χ1) is 14.1. The molecule has 2 fully saturated rings. The molecule has 1 atom stereocenters. The number of rotatable bonds is 8. The van der Waals surface area contributed by atoms with Crippen LogP contribution < -0.4 is 5.32 Å². The van der Waals surface area contributed by atoms with E-state index in [4.69, 9.17) is 4.99 Å². The minimum Gasteiger partial charge on any atom is -0.357 e.